The Morgan fingerprint density at radius 3 is 2.00 bits per heavy atom. The normalized spacial score (nSPS) is 15.1. The number of nitrogens with zero attached hydrogens (tertiary/aromatic N) is 1. The first-order chi connectivity index (χ1) is 26.2. The van der Waals surface area contributed by atoms with Crippen LogP contribution in [0.4, 0.5) is 17.1 Å². The number of fused-ring (bicyclic) bond motifs is 12. The fourth-order valence-electron chi connectivity index (χ4n) is 8.80. The summed E-state index contributed by atoms with van der Waals surface area (Å²) in [7, 11) is 0. The largest absolute Gasteiger partial charge is 0.457 e. The number of hydrogen-bond acceptors (Lipinski definition) is 3. The topological polar surface area (TPSA) is 25.6 Å². The van der Waals surface area contributed by atoms with Crippen molar-refractivity contribution in [2.75, 3.05) is 4.90 Å². The van der Waals surface area contributed by atoms with E-state index in [-0.39, 0.29) is 0 Å². The maximum atomic E-state index is 6.63. The fraction of sp³-hybridized carbons (Fsp3) is 0.0204. The first-order valence-corrected chi connectivity index (χ1v) is 18.2. The molecule has 0 amide bonds. The highest BCUT2D eigenvalue weighted by molar-refractivity contribution is 6.30. The predicted octanol–water partition coefficient (Wildman–Crippen LogP) is 13.8. The molecule has 2 aliphatic rings. The summed E-state index contributed by atoms with van der Waals surface area (Å²) < 4.78 is 13.2. The molecule has 0 saturated carbocycles. The Bertz CT molecular complexity index is 2900. The minimum absolute atomic E-state index is 0.626. The number of ether oxygens (including phenoxy) is 1. The average molecular weight is 700 g/mol. The molecule has 1 spiro atoms. The van der Waals surface area contributed by atoms with E-state index in [1.165, 1.54) is 22.3 Å². The number of rotatable bonds is 4. The second-order valence-electron chi connectivity index (χ2n) is 13.8. The van der Waals surface area contributed by atoms with E-state index in [9.17, 15) is 0 Å². The van der Waals surface area contributed by atoms with E-state index < -0.39 is 5.41 Å². The third-order valence-corrected chi connectivity index (χ3v) is 11.2. The summed E-state index contributed by atoms with van der Waals surface area (Å²) in [4.78, 5) is 2.37. The summed E-state index contributed by atoms with van der Waals surface area (Å²) in [5, 5.41) is 2.81. The molecule has 0 radical (unpaired) electrons. The lowest BCUT2D eigenvalue weighted by molar-refractivity contribution is 0.436. The molecule has 0 fully saturated rings. The van der Waals surface area contributed by atoms with Gasteiger partial charge in [-0.25, -0.2) is 0 Å². The molecule has 0 saturated heterocycles. The summed E-state index contributed by atoms with van der Waals surface area (Å²) in [5.74, 6) is 1.61. The summed E-state index contributed by atoms with van der Waals surface area (Å²) in [5.41, 5.74) is 13.5. The second-order valence-corrected chi connectivity index (χ2v) is 14.2. The van der Waals surface area contributed by atoms with E-state index in [0.717, 1.165) is 72.8 Å². The predicted molar refractivity (Wildman–Crippen MR) is 216 cm³/mol. The molecule has 11 rings (SSSR count). The van der Waals surface area contributed by atoms with Crippen molar-refractivity contribution < 1.29 is 9.15 Å². The van der Waals surface area contributed by atoms with Crippen molar-refractivity contribution in [1.29, 1.82) is 0 Å². The Hall–Kier alpha value is -6.55. The Morgan fingerprint density at radius 1 is 0.434 bits per heavy atom. The smallest absolute Gasteiger partial charge is 0.143 e. The van der Waals surface area contributed by atoms with Crippen LogP contribution in [0.1, 0.15) is 22.3 Å². The minimum atomic E-state index is -0.626. The fourth-order valence-corrected chi connectivity index (χ4v) is 8.97. The number of para-hydroxylation sites is 3. The van der Waals surface area contributed by atoms with Gasteiger partial charge in [0.25, 0.3) is 0 Å². The summed E-state index contributed by atoms with van der Waals surface area (Å²) in [6.07, 6.45) is 0. The lowest BCUT2D eigenvalue weighted by Gasteiger charge is -2.39. The Balaban J connectivity index is 1.22. The molecule has 4 heteroatoms. The Kier molecular flexibility index (Phi) is 6.52. The first-order valence-electron chi connectivity index (χ1n) is 17.9. The second kappa shape index (κ2) is 11.5. The lowest BCUT2D eigenvalue weighted by Crippen LogP contribution is -2.32. The van der Waals surface area contributed by atoms with Crippen LogP contribution in [-0.2, 0) is 5.41 Å². The molecule has 1 atom stereocenters. The van der Waals surface area contributed by atoms with Gasteiger partial charge in [0.1, 0.15) is 22.7 Å². The van der Waals surface area contributed by atoms with E-state index >= 15 is 0 Å². The van der Waals surface area contributed by atoms with Crippen LogP contribution in [-0.4, -0.2) is 0 Å². The lowest BCUT2D eigenvalue weighted by atomic mass is 9.66. The zero-order valence-electron chi connectivity index (χ0n) is 28.5. The number of anilines is 3. The third kappa shape index (κ3) is 4.35. The van der Waals surface area contributed by atoms with Gasteiger partial charge in [-0.05, 0) is 88.5 Å². The van der Waals surface area contributed by atoms with Crippen LogP contribution in [0.25, 0.3) is 44.2 Å². The van der Waals surface area contributed by atoms with Gasteiger partial charge in [-0.15, -0.1) is 0 Å². The summed E-state index contributed by atoms with van der Waals surface area (Å²) in [6, 6.07) is 64.3. The molecule has 1 aromatic heterocycles. The van der Waals surface area contributed by atoms with Crippen molar-refractivity contribution in [1.82, 2.24) is 0 Å². The van der Waals surface area contributed by atoms with Gasteiger partial charge in [0.2, 0.25) is 0 Å². The molecule has 2 heterocycles. The average Bonchev–Trinajstić information content (AvgIpc) is 3.72. The number of halogens is 1. The molecule has 3 nitrogen and oxygen atoms in total. The first kappa shape index (κ1) is 30.1. The number of hydrogen-bond donors (Lipinski definition) is 0. The SMILES string of the molecule is Clc1ccc2c(c1)Oc1ccccc1C21c2ccccc2-c2ccc(N(c3ccccc3)c3cc(-c4ccccc4)c4oc5ccccc5c4c3)cc21. The van der Waals surface area contributed by atoms with Gasteiger partial charge in [-0.3, -0.25) is 0 Å². The van der Waals surface area contributed by atoms with Gasteiger partial charge in [-0.2, -0.15) is 0 Å². The molecular weight excluding hydrogens is 670 g/mol. The van der Waals surface area contributed by atoms with Gasteiger partial charge in [0, 0.05) is 49.5 Å². The molecule has 53 heavy (non-hydrogen) atoms. The van der Waals surface area contributed by atoms with E-state index in [0.29, 0.717) is 5.02 Å². The van der Waals surface area contributed by atoms with E-state index in [1.807, 2.05) is 30.3 Å². The molecule has 8 aromatic carbocycles. The Morgan fingerprint density at radius 2 is 1.13 bits per heavy atom. The monoisotopic (exact) mass is 699 g/mol. The van der Waals surface area contributed by atoms with Crippen LogP contribution in [0.3, 0.4) is 0 Å². The standard InChI is InChI=1S/C49H30ClNO2/c50-32-23-26-43-47(27-32)52-46-22-12-10-20-42(46)49(43)41-19-9-7-17-36(41)37-25-24-34(30-44(37)49)51(33-15-5-2-6-16-33)35-28-39(31-13-3-1-4-14-31)48-40(29-35)38-18-8-11-21-45(38)53-48/h1-30H. The van der Waals surface area contributed by atoms with Crippen molar-refractivity contribution in [2.24, 2.45) is 0 Å². The van der Waals surface area contributed by atoms with Crippen LogP contribution in [0.5, 0.6) is 11.5 Å². The van der Waals surface area contributed by atoms with Crippen LogP contribution in [0.2, 0.25) is 5.02 Å². The maximum absolute atomic E-state index is 6.63. The number of furan rings is 1. The van der Waals surface area contributed by atoms with Gasteiger partial charge < -0.3 is 14.1 Å². The van der Waals surface area contributed by atoms with Crippen molar-refractivity contribution in [3.05, 3.63) is 209 Å². The highest BCUT2D eigenvalue weighted by Gasteiger charge is 2.51. The van der Waals surface area contributed by atoms with Gasteiger partial charge in [0.05, 0.1) is 5.41 Å². The molecule has 1 aliphatic carbocycles. The third-order valence-electron chi connectivity index (χ3n) is 11.0. The van der Waals surface area contributed by atoms with Crippen LogP contribution in [0, 0.1) is 0 Å². The van der Waals surface area contributed by atoms with Crippen LogP contribution in [0.15, 0.2) is 186 Å². The molecule has 250 valence electrons. The van der Waals surface area contributed by atoms with Crippen LogP contribution >= 0.6 is 11.6 Å². The summed E-state index contributed by atoms with van der Waals surface area (Å²) >= 11 is 6.63. The van der Waals surface area contributed by atoms with Crippen molar-refractivity contribution >= 4 is 50.6 Å². The zero-order valence-corrected chi connectivity index (χ0v) is 29.2. The molecule has 0 N–H and O–H groups in total. The van der Waals surface area contributed by atoms with Gasteiger partial charge in [0.15, 0.2) is 0 Å². The highest BCUT2D eigenvalue weighted by Crippen LogP contribution is 2.63. The van der Waals surface area contributed by atoms with E-state index in [2.05, 4.69) is 157 Å². The maximum Gasteiger partial charge on any atom is 0.143 e. The summed E-state index contributed by atoms with van der Waals surface area (Å²) in [6.45, 7) is 0. The molecule has 9 aromatic rings. The van der Waals surface area contributed by atoms with Crippen molar-refractivity contribution in [3.8, 4) is 33.8 Å². The van der Waals surface area contributed by atoms with Crippen molar-refractivity contribution in [2.45, 2.75) is 5.41 Å². The van der Waals surface area contributed by atoms with Gasteiger partial charge in [-0.1, -0.05) is 133 Å². The zero-order chi connectivity index (χ0) is 35.1. The van der Waals surface area contributed by atoms with Crippen molar-refractivity contribution in [3.63, 3.8) is 0 Å². The molecule has 1 unspecified atom stereocenters. The molecule has 0 bridgehead atoms. The quantitative estimate of drug-likeness (QED) is 0.183. The minimum Gasteiger partial charge on any atom is -0.457 e. The highest BCUT2D eigenvalue weighted by atomic mass is 35.5. The molecule has 1 aliphatic heterocycles. The van der Waals surface area contributed by atoms with E-state index in [4.69, 9.17) is 20.8 Å². The molecular formula is C49H30ClNO2. The number of benzene rings is 8. The Labute approximate surface area is 311 Å². The van der Waals surface area contributed by atoms with Gasteiger partial charge >= 0.3 is 0 Å². The van der Waals surface area contributed by atoms with Crippen LogP contribution < -0.4 is 9.64 Å². The van der Waals surface area contributed by atoms with E-state index in [1.54, 1.807) is 0 Å².